The second kappa shape index (κ2) is 7.84. The van der Waals surface area contributed by atoms with Crippen LogP contribution >= 0.6 is 0 Å². The lowest BCUT2D eigenvalue weighted by atomic mass is 10.0. The van der Waals surface area contributed by atoms with Gasteiger partial charge in [0.05, 0.1) is 25.4 Å². The van der Waals surface area contributed by atoms with Crippen LogP contribution in [-0.4, -0.2) is 56.8 Å². The number of alkyl halides is 1. The molecule has 1 heterocycles. The maximum Gasteiger partial charge on any atom is 0.251 e. The molecule has 0 aliphatic carbocycles. The van der Waals surface area contributed by atoms with Gasteiger partial charge in [0.15, 0.2) is 0 Å². The Balaban J connectivity index is 2.06. The summed E-state index contributed by atoms with van der Waals surface area (Å²) in [6.45, 7) is 1.47. The Morgan fingerprint density at radius 2 is 2.35 bits per heavy atom. The van der Waals surface area contributed by atoms with Crippen molar-refractivity contribution in [1.29, 1.82) is 0 Å². The summed E-state index contributed by atoms with van der Waals surface area (Å²) in [5.41, 5.74) is 1.14. The van der Waals surface area contributed by atoms with Crippen LogP contribution in [0.15, 0.2) is 18.2 Å². The number of piperidine rings is 1. The van der Waals surface area contributed by atoms with Gasteiger partial charge in [-0.3, -0.25) is 4.79 Å². The Bertz CT molecular complexity index is 600. The van der Waals surface area contributed by atoms with Gasteiger partial charge in [-0.2, -0.15) is 0 Å². The summed E-state index contributed by atoms with van der Waals surface area (Å²) in [5.74, 6) is 2.70. The molecule has 1 aromatic rings. The van der Waals surface area contributed by atoms with Crippen molar-refractivity contribution in [3.63, 3.8) is 0 Å². The van der Waals surface area contributed by atoms with E-state index in [4.69, 9.17) is 11.2 Å². The molecule has 1 amide bonds. The summed E-state index contributed by atoms with van der Waals surface area (Å²) in [6.07, 6.45) is 4.76. The van der Waals surface area contributed by atoms with Crippen LogP contribution in [0.25, 0.3) is 0 Å². The van der Waals surface area contributed by atoms with Gasteiger partial charge in [-0.25, -0.2) is 4.39 Å². The van der Waals surface area contributed by atoms with Gasteiger partial charge in [0.1, 0.15) is 11.9 Å². The Morgan fingerprint density at radius 3 is 3.00 bits per heavy atom. The van der Waals surface area contributed by atoms with Crippen LogP contribution in [0, 0.1) is 12.3 Å². The molecule has 6 heteroatoms. The largest absolute Gasteiger partial charge is 0.495 e. The van der Waals surface area contributed by atoms with Crippen molar-refractivity contribution < 1.29 is 13.9 Å². The van der Waals surface area contributed by atoms with Gasteiger partial charge in [-0.15, -0.1) is 6.42 Å². The first kappa shape index (κ1) is 17.1. The number of anilines is 1. The molecule has 2 unspecified atom stereocenters. The summed E-state index contributed by atoms with van der Waals surface area (Å²) in [6, 6.07) is 4.56. The molecule has 0 aromatic heterocycles. The summed E-state index contributed by atoms with van der Waals surface area (Å²) in [7, 11) is 3.39. The van der Waals surface area contributed by atoms with Gasteiger partial charge < -0.3 is 20.3 Å². The summed E-state index contributed by atoms with van der Waals surface area (Å²) < 4.78 is 19.3. The molecule has 124 valence electrons. The molecule has 0 spiro atoms. The fraction of sp³-hybridized carbons (Fsp3) is 0.471. The van der Waals surface area contributed by atoms with Gasteiger partial charge in [0.2, 0.25) is 0 Å². The van der Waals surface area contributed by atoms with Crippen molar-refractivity contribution in [3.05, 3.63) is 23.8 Å². The highest BCUT2D eigenvalue weighted by atomic mass is 19.1. The number of ether oxygens (including phenoxy) is 1. The van der Waals surface area contributed by atoms with Crippen molar-refractivity contribution in [1.82, 2.24) is 10.2 Å². The molecule has 0 bridgehead atoms. The van der Waals surface area contributed by atoms with Crippen LogP contribution in [0.2, 0.25) is 0 Å². The number of amides is 1. The molecule has 0 saturated carbocycles. The molecule has 1 aliphatic rings. The van der Waals surface area contributed by atoms with Gasteiger partial charge in [-0.1, -0.05) is 5.92 Å². The summed E-state index contributed by atoms with van der Waals surface area (Å²) in [4.78, 5) is 14.3. The lowest BCUT2D eigenvalue weighted by Gasteiger charge is -2.32. The van der Waals surface area contributed by atoms with Crippen LogP contribution in [0.3, 0.4) is 0 Å². The quantitative estimate of drug-likeness (QED) is 0.808. The molecular formula is C17H22FN3O2. The average molecular weight is 319 g/mol. The van der Waals surface area contributed by atoms with Crippen molar-refractivity contribution in [2.24, 2.45) is 0 Å². The number of nitrogens with one attached hydrogen (secondary N) is 2. The number of nitrogens with zero attached hydrogens (tertiary/aromatic N) is 1. The molecule has 23 heavy (non-hydrogen) atoms. The zero-order valence-corrected chi connectivity index (χ0v) is 13.4. The standard InChI is InChI=1S/C17H22FN3O2/c1-4-8-19-15-6-5-12(10-16(15)23-3)17(22)20-14-7-9-21(2)11-13(14)18/h1,5-6,10,13-14,19H,7-9,11H2,2-3H3,(H,20,22). The number of terminal acetylenes is 1. The van der Waals surface area contributed by atoms with Crippen LogP contribution < -0.4 is 15.4 Å². The predicted molar refractivity (Wildman–Crippen MR) is 88.6 cm³/mol. The van der Waals surface area contributed by atoms with E-state index in [0.717, 1.165) is 6.54 Å². The number of methoxy groups -OCH3 is 1. The third kappa shape index (κ3) is 4.36. The number of halogens is 1. The minimum atomic E-state index is -1.06. The summed E-state index contributed by atoms with van der Waals surface area (Å²) >= 11 is 0. The zero-order valence-electron chi connectivity index (χ0n) is 13.4. The molecule has 1 aromatic carbocycles. The molecular weight excluding hydrogens is 297 g/mol. The smallest absolute Gasteiger partial charge is 0.251 e. The fourth-order valence-corrected chi connectivity index (χ4v) is 2.60. The predicted octanol–water partition coefficient (Wildman–Crippen LogP) is 1.51. The monoisotopic (exact) mass is 319 g/mol. The molecule has 1 aliphatic heterocycles. The first-order valence-corrected chi connectivity index (χ1v) is 7.54. The van der Waals surface area contributed by atoms with E-state index < -0.39 is 12.2 Å². The van der Waals surface area contributed by atoms with Gasteiger partial charge >= 0.3 is 0 Å². The normalized spacial score (nSPS) is 21.3. The first-order valence-electron chi connectivity index (χ1n) is 7.54. The van der Waals surface area contributed by atoms with E-state index in [0.29, 0.717) is 36.5 Å². The lowest BCUT2D eigenvalue weighted by molar-refractivity contribution is 0.0821. The minimum Gasteiger partial charge on any atom is -0.495 e. The number of rotatable bonds is 5. The van der Waals surface area contributed by atoms with E-state index in [1.165, 1.54) is 7.11 Å². The van der Waals surface area contributed by atoms with E-state index in [1.54, 1.807) is 18.2 Å². The number of carbonyl (C=O) groups is 1. The van der Waals surface area contributed by atoms with Crippen LogP contribution in [-0.2, 0) is 0 Å². The molecule has 1 fully saturated rings. The van der Waals surface area contributed by atoms with E-state index in [-0.39, 0.29) is 5.91 Å². The number of benzene rings is 1. The second-order valence-electron chi connectivity index (χ2n) is 5.62. The van der Waals surface area contributed by atoms with Crippen molar-refractivity contribution >= 4 is 11.6 Å². The molecule has 2 N–H and O–H groups in total. The van der Waals surface area contributed by atoms with E-state index in [9.17, 15) is 9.18 Å². The van der Waals surface area contributed by atoms with E-state index in [1.807, 2.05) is 11.9 Å². The molecule has 2 rings (SSSR count). The fourth-order valence-electron chi connectivity index (χ4n) is 2.60. The van der Waals surface area contributed by atoms with Crippen LogP contribution in [0.4, 0.5) is 10.1 Å². The maximum absolute atomic E-state index is 14.0. The van der Waals surface area contributed by atoms with Gasteiger partial charge in [-0.05, 0) is 31.7 Å². The number of hydrogen-bond donors (Lipinski definition) is 2. The maximum atomic E-state index is 14.0. The van der Waals surface area contributed by atoms with Crippen LogP contribution in [0.5, 0.6) is 5.75 Å². The highest BCUT2D eigenvalue weighted by Gasteiger charge is 2.29. The Kier molecular flexibility index (Phi) is 5.83. The number of hydrogen-bond acceptors (Lipinski definition) is 4. The third-order valence-electron chi connectivity index (χ3n) is 3.91. The molecule has 0 radical (unpaired) electrons. The van der Waals surface area contributed by atoms with Crippen LogP contribution in [0.1, 0.15) is 16.8 Å². The Labute approximate surface area is 136 Å². The highest BCUT2D eigenvalue weighted by molar-refractivity contribution is 5.95. The molecule has 1 saturated heterocycles. The van der Waals surface area contributed by atoms with Crippen molar-refractivity contribution in [2.45, 2.75) is 18.6 Å². The lowest BCUT2D eigenvalue weighted by Crippen LogP contribution is -2.51. The SMILES string of the molecule is C#CCNc1ccc(C(=O)NC2CCN(C)CC2F)cc1OC. The number of likely N-dealkylation sites (tertiary alicyclic amines) is 1. The Hall–Kier alpha value is -2.26. The number of carbonyl (C=O) groups excluding carboxylic acids is 1. The first-order chi connectivity index (χ1) is 11.0. The van der Waals surface area contributed by atoms with E-state index >= 15 is 0 Å². The van der Waals surface area contributed by atoms with Crippen molar-refractivity contribution in [2.75, 3.05) is 39.1 Å². The zero-order chi connectivity index (χ0) is 16.8. The average Bonchev–Trinajstić information content (AvgIpc) is 2.55. The topological polar surface area (TPSA) is 53.6 Å². The van der Waals surface area contributed by atoms with Gasteiger partial charge in [0, 0.05) is 18.7 Å². The van der Waals surface area contributed by atoms with Crippen molar-refractivity contribution in [3.8, 4) is 18.1 Å². The molecule has 5 nitrogen and oxygen atoms in total. The third-order valence-corrected chi connectivity index (χ3v) is 3.91. The minimum absolute atomic E-state index is 0.302. The summed E-state index contributed by atoms with van der Waals surface area (Å²) in [5, 5.41) is 5.79. The molecule has 2 atom stereocenters. The van der Waals surface area contributed by atoms with E-state index in [2.05, 4.69) is 16.6 Å². The van der Waals surface area contributed by atoms with Gasteiger partial charge in [0.25, 0.3) is 5.91 Å². The Morgan fingerprint density at radius 1 is 1.57 bits per heavy atom. The second-order valence-corrected chi connectivity index (χ2v) is 5.62. The highest BCUT2D eigenvalue weighted by Crippen LogP contribution is 2.25.